The molecule has 214 valence electrons. The maximum Gasteiger partial charge on any atom is 0.438 e. The Morgan fingerprint density at radius 2 is 1.00 bits per heavy atom. The van der Waals surface area contributed by atoms with Gasteiger partial charge in [-0.15, -0.1) is 0 Å². The molecule has 0 bridgehead atoms. The lowest BCUT2D eigenvalue weighted by Crippen LogP contribution is -2.63. The minimum absolute atomic E-state index is 0.0686. The molecule has 0 atom stereocenters. The minimum atomic E-state index is -6.47. The molecule has 4 rings (SSSR count). The van der Waals surface area contributed by atoms with Crippen LogP contribution in [-0.4, -0.2) is 42.6 Å². The number of esters is 1. The first-order valence-corrected chi connectivity index (χ1v) is 13.4. The summed E-state index contributed by atoms with van der Waals surface area (Å²) in [5.41, 5.74) is -4.74. The van der Waals surface area contributed by atoms with Gasteiger partial charge in [-0.05, 0) is 45.5 Å². The monoisotopic (exact) mass is 594 g/mol. The van der Waals surface area contributed by atoms with Crippen molar-refractivity contribution in [2.24, 2.45) is 0 Å². The van der Waals surface area contributed by atoms with Crippen molar-refractivity contribution in [1.29, 1.82) is 0 Å². The molecule has 4 aromatic carbocycles. The molecular weight excluding hydrogens is 574 g/mol. The molecule has 4 aromatic rings. The number of carbonyl (C=O) groups excluding carboxylic acids is 1. The van der Waals surface area contributed by atoms with Crippen LogP contribution < -0.4 is 0 Å². The summed E-state index contributed by atoms with van der Waals surface area (Å²) in [6.45, 7) is 0. The third kappa shape index (κ3) is 6.28. The third-order valence-corrected chi connectivity index (χ3v) is 6.96. The Morgan fingerprint density at radius 1 is 0.634 bits per heavy atom. The molecular formula is C29H20F6O5S. The Morgan fingerprint density at radius 3 is 1.34 bits per heavy atom. The lowest BCUT2D eigenvalue weighted by atomic mass is 9.87. The maximum atomic E-state index is 14.0. The van der Waals surface area contributed by atoms with E-state index in [9.17, 15) is 39.6 Å². The minimum Gasteiger partial charge on any atom is -0.435 e. The van der Waals surface area contributed by atoms with Gasteiger partial charge in [-0.2, -0.15) is 34.8 Å². The van der Waals surface area contributed by atoms with Gasteiger partial charge in [-0.3, -0.25) is 4.55 Å². The fourth-order valence-corrected chi connectivity index (χ4v) is 5.19. The zero-order valence-corrected chi connectivity index (χ0v) is 21.6. The number of ether oxygens (including phenoxy) is 1. The third-order valence-electron chi connectivity index (χ3n) is 6.19. The summed E-state index contributed by atoms with van der Waals surface area (Å²) in [5.74, 6) is -5.08. The predicted molar refractivity (Wildman–Crippen MR) is 139 cm³/mol. The highest BCUT2D eigenvalue weighted by Crippen LogP contribution is 2.48. The first-order chi connectivity index (χ1) is 19.1. The molecule has 0 aliphatic rings. The molecule has 0 radical (unpaired) electrons. The molecule has 41 heavy (non-hydrogen) atoms. The van der Waals surface area contributed by atoms with E-state index >= 15 is 0 Å². The molecule has 0 aliphatic carbocycles. The highest BCUT2D eigenvalue weighted by molar-refractivity contribution is 7.85. The molecule has 1 N–H and O–H groups in total. The van der Waals surface area contributed by atoms with Crippen molar-refractivity contribution in [2.45, 2.75) is 18.0 Å². The van der Waals surface area contributed by atoms with E-state index in [-0.39, 0.29) is 22.3 Å². The van der Waals surface area contributed by atoms with Crippen molar-refractivity contribution in [3.05, 3.63) is 109 Å². The van der Waals surface area contributed by atoms with E-state index in [0.717, 1.165) is 0 Å². The maximum absolute atomic E-state index is 14.0. The van der Waals surface area contributed by atoms with Gasteiger partial charge >= 0.3 is 23.9 Å². The van der Waals surface area contributed by atoms with Crippen molar-refractivity contribution in [2.75, 3.05) is 5.75 Å². The SMILES string of the molecule is O=C(OC(CS(=O)(=O)O)(C(F)(F)F)C(F)(F)F)c1c(-c2ccccc2)cc(-c2ccccc2)cc1-c1ccccc1. The Bertz CT molecular complexity index is 1560. The van der Waals surface area contributed by atoms with Crippen molar-refractivity contribution in [3.63, 3.8) is 0 Å². The van der Waals surface area contributed by atoms with E-state index < -0.39 is 45.4 Å². The van der Waals surface area contributed by atoms with Crippen molar-refractivity contribution >= 4 is 16.1 Å². The fourth-order valence-electron chi connectivity index (χ4n) is 4.29. The van der Waals surface area contributed by atoms with Crippen molar-refractivity contribution < 1.29 is 48.8 Å². The molecule has 0 fully saturated rings. The molecule has 0 spiro atoms. The second-order valence-electron chi connectivity index (χ2n) is 8.98. The van der Waals surface area contributed by atoms with Crippen LogP contribution in [0, 0.1) is 0 Å². The quantitative estimate of drug-likeness (QED) is 0.135. The second kappa shape index (κ2) is 11.0. The molecule has 0 unspecified atom stereocenters. The largest absolute Gasteiger partial charge is 0.438 e. The average molecular weight is 595 g/mol. The van der Waals surface area contributed by atoms with Crippen LogP contribution >= 0.6 is 0 Å². The Balaban J connectivity index is 2.06. The predicted octanol–water partition coefficient (Wildman–Crippen LogP) is 7.60. The number of halogens is 6. The Labute approximate surface area is 230 Å². The summed E-state index contributed by atoms with van der Waals surface area (Å²) in [7, 11) is -5.96. The van der Waals surface area contributed by atoms with Crippen LogP contribution in [0.25, 0.3) is 33.4 Å². The van der Waals surface area contributed by atoms with E-state index in [2.05, 4.69) is 4.74 Å². The molecule has 5 nitrogen and oxygen atoms in total. The van der Waals surface area contributed by atoms with Crippen LogP contribution in [0.15, 0.2) is 103 Å². The summed E-state index contributed by atoms with van der Waals surface area (Å²) < 4.78 is 120. The van der Waals surface area contributed by atoms with Gasteiger partial charge in [0, 0.05) is 0 Å². The summed E-state index contributed by atoms with van der Waals surface area (Å²) in [6.07, 6.45) is -12.9. The van der Waals surface area contributed by atoms with E-state index in [4.69, 9.17) is 4.55 Å². The van der Waals surface area contributed by atoms with Gasteiger partial charge in [0.25, 0.3) is 10.1 Å². The van der Waals surface area contributed by atoms with Crippen LogP contribution in [0.2, 0.25) is 0 Å². The van der Waals surface area contributed by atoms with E-state index in [1.807, 2.05) is 0 Å². The fraction of sp³-hybridized carbons (Fsp3) is 0.138. The molecule has 0 aliphatic heterocycles. The van der Waals surface area contributed by atoms with Crippen LogP contribution in [0.5, 0.6) is 0 Å². The summed E-state index contributed by atoms with van der Waals surface area (Å²) >= 11 is 0. The summed E-state index contributed by atoms with van der Waals surface area (Å²) in [4.78, 5) is 13.6. The van der Waals surface area contributed by atoms with Gasteiger partial charge in [-0.25, -0.2) is 4.79 Å². The van der Waals surface area contributed by atoms with Gasteiger partial charge in [0.1, 0.15) is 5.75 Å². The molecule has 0 heterocycles. The molecule has 0 aromatic heterocycles. The van der Waals surface area contributed by atoms with E-state index in [1.54, 1.807) is 66.7 Å². The number of rotatable bonds is 7. The Hall–Kier alpha value is -4.16. The van der Waals surface area contributed by atoms with Gasteiger partial charge in [0.15, 0.2) is 0 Å². The Kier molecular flexibility index (Phi) is 8.01. The molecule has 12 heteroatoms. The van der Waals surface area contributed by atoms with Crippen molar-refractivity contribution in [3.8, 4) is 33.4 Å². The van der Waals surface area contributed by atoms with Gasteiger partial charge in [0.05, 0.1) is 5.56 Å². The number of alkyl halides is 6. The summed E-state index contributed by atoms with van der Waals surface area (Å²) in [6, 6.07) is 26.9. The van der Waals surface area contributed by atoms with Crippen molar-refractivity contribution in [1.82, 2.24) is 0 Å². The zero-order valence-electron chi connectivity index (χ0n) is 20.8. The van der Waals surface area contributed by atoms with Crippen LogP contribution in [0.1, 0.15) is 10.4 Å². The smallest absolute Gasteiger partial charge is 0.435 e. The van der Waals surface area contributed by atoms with E-state index in [1.165, 1.54) is 36.4 Å². The van der Waals surface area contributed by atoms with E-state index in [0.29, 0.717) is 11.1 Å². The number of carbonyl (C=O) groups is 1. The highest BCUT2D eigenvalue weighted by Gasteiger charge is 2.76. The number of hydrogen-bond donors (Lipinski definition) is 1. The van der Waals surface area contributed by atoms with Gasteiger partial charge < -0.3 is 4.74 Å². The molecule has 0 amide bonds. The topological polar surface area (TPSA) is 80.7 Å². The first kappa shape index (κ1) is 29.8. The highest BCUT2D eigenvalue weighted by atomic mass is 32.2. The second-order valence-corrected chi connectivity index (χ2v) is 10.4. The lowest BCUT2D eigenvalue weighted by Gasteiger charge is -2.35. The lowest BCUT2D eigenvalue weighted by molar-refractivity contribution is -0.356. The normalized spacial score (nSPS) is 12.7. The molecule has 0 saturated carbocycles. The summed E-state index contributed by atoms with van der Waals surface area (Å²) in [5, 5.41) is 0. The zero-order chi connectivity index (χ0) is 30.1. The van der Waals surface area contributed by atoms with Crippen LogP contribution in [0.4, 0.5) is 26.3 Å². The van der Waals surface area contributed by atoms with Crippen LogP contribution in [-0.2, 0) is 14.9 Å². The van der Waals surface area contributed by atoms with Gasteiger partial charge in [-0.1, -0.05) is 91.0 Å². The van der Waals surface area contributed by atoms with Crippen LogP contribution in [0.3, 0.4) is 0 Å². The number of hydrogen-bond acceptors (Lipinski definition) is 4. The molecule has 0 saturated heterocycles. The average Bonchev–Trinajstić information content (AvgIpc) is 2.91. The number of benzene rings is 4. The van der Waals surface area contributed by atoms with Gasteiger partial charge in [0.2, 0.25) is 0 Å². The first-order valence-electron chi connectivity index (χ1n) is 11.8. The standard InChI is InChI=1S/C29H20F6O5S/c30-28(31,32)27(29(33,34)35,18-41(37,38)39)40-26(36)25-23(20-12-6-2-7-13-20)16-22(19-10-4-1-5-11-19)17-24(25)21-14-8-3-9-15-21/h1-17H,18H2,(H,37,38,39).